The maximum atomic E-state index is 13.1. The fourth-order valence-corrected chi connectivity index (χ4v) is 4.26. The van der Waals surface area contributed by atoms with Crippen molar-refractivity contribution >= 4 is 22.8 Å². The van der Waals surface area contributed by atoms with Gasteiger partial charge in [0.2, 0.25) is 0 Å². The largest absolute Gasteiger partial charge is 0.449 e. The zero-order valence-corrected chi connectivity index (χ0v) is 16.0. The number of benzene rings is 1. The summed E-state index contributed by atoms with van der Waals surface area (Å²) >= 11 is 0. The maximum absolute atomic E-state index is 13.1. The molecule has 2 aliphatic rings. The highest BCUT2D eigenvalue weighted by molar-refractivity contribution is 6.05. The maximum Gasteiger partial charge on any atom is 0.339 e. The van der Waals surface area contributed by atoms with Gasteiger partial charge in [0.1, 0.15) is 0 Å². The number of esters is 1. The van der Waals surface area contributed by atoms with Crippen molar-refractivity contribution in [2.75, 3.05) is 13.1 Å². The molecular formula is C22H26N2O3. The molecule has 2 unspecified atom stereocenters. The van der Waals surface area contributed by atoms with Crippen LogP contribution >= 0.6 is 0 Å². The minimum atomic E-state index is -0.765. The number of hydrogen-bond acceptors (Lipinski definition) is 4. The number of ether oxygens (including phenoxy) is 1. The molecule has 0 bridgehead atoms. The van der Waals surface area contributed by atoms with Crippen LogP contribution in [0.5, 0.6) is 0 Å². The third-order valence-corrected chi connectivity index (χ3v) is 5.76. The van der Waals surface area contributed by atoms with E-state index in [2.05, 4.69) is 6.92 Å². The van der Waals surface area contributed by atoms with Crippen LogP contribution in [0.15, 0.2) is 24.3 Å². The predicted octanol–water partition coefficient (Wildman–Crippen LogP) is 3.53. The fourth-order valence-electron chi connectivity index (χ4n) is 4.26. The van der Waals surface area contributed by atoms with E-state index in [-0.39, 0.29) is 5.91 Å². The summed E-state index contributed by atoms with van der Waals surface area (Å²) in [6, 6.07) is 7.70. The van der Waals surface area contributed by atoms with Gasteiger partial charge in [0, 0.05) is 24.2 Å². The summed E-state index contributed by atoms with van der Waals surface area (Å²) < 4.78 is 5.66. The van der Waals surface area contributed by atoms with Crippen molar-refractivity contribution in [3.8, 4) is 0 Å². The molecule has 1 saturated heterocycles. The monoisotopic (exact) mass is 366 g/mol. The Labute approximate surface area is 159 Å². The summed E-state index contributed by atoms with van der Waals surface area (Å²) in [7, 11) is 0. The van der Waals surface area contributed by atoms with E-state index in [1.165, 1.54) is 0 Å². The molecule has 0 saturated carbocycles. The number of likely N-dealkylation sites (tertiary alicyclic amines) is 1. The molecule has 1 aromatic heterocycles. The summed E-state index contributed by atoms with van der Waals surface area (Å²) in [5.74, 6) is 0.0103. The molecular weight excluding hydrogens is 340 g/mol. The number of aryl methyl sites for hydroxylation is 1. The van der Waals surface area contributed by atoms with E-state index in [4.69, 9.17) is 9.72 Å². The highest BCUT2D eigenvalue weighted by Gasteiger charge is 2.30. The van der Waals surface area contributed by atoms with Crippen LogP contribution in [0, 0.1) is 5.92 Å². The van der Waals surface area contributed by atoms with Crippen LogP contribution < -0.4 is 0 Å². The molecule has 1 aliphatic heterocycles. The van der Waals surface area contributed by atoms with E-state index in [9.17, 15) is 9.59 Å². The van der Waals surface area contributed by atoms with Crippen molar-refractivity contribution < 1.29 is 14.3 Å². The lowest BCUT2D eigenvalue weighted by atomic mass is 9.84. The Morgan fingerprint density at radius 2 is 1.96 bits per heavy atom. The smallest absolute Gasteiger partial charge is 0.339 e. The number of carbonyl (C=O) groups is 2. The van der Waals surface area contributed by atoms with Gasteiger partial charge in [-0.2, -0.15) is 0 Å². The Balaban J connectivity index is 1.68. The zero-order chi connectivity index (χ0) is 19.0. The Kier molecular flexibility index (Phi) is 4.85. The number of aromatic nitrogens is 1. The van der Waals surface area contributed by atoms with E-state index < -0.39 is 12.1 Å². The minimum absolute atomic E-state index is 0.0959. The summed E-state index contributed by atoms with van der Waals surface area (Å²) in [6.45, 7) is 5.39. The van der Waals surface area contributed by atoms with E-state index in [1.54, 1.807) is 11.8 Å². The standard InChI is InChI=1S/C22H26N2O3/c1-14-9-10-19-17(13-14)20(16-7-3-4-8-18(16)23-19)22(26)27-15(2)21(25)24-11-5-6-12-24/h3-4,7-8,14-15H,5-6,9-13H2,1-2H3. The molecule has 0 N–H and O–H groups in total. The first kappa shape index (κ1) is 18.0. The van der Waals surface area contributed by atoms with Gasteiger partial charge in [-0.15, -0.1) is 0 Å². The van der Waals surface area contributed by atoms with Gasteiger partial charge < -0.3 is 9.64 Å². The first-order chi connectivity index (χ1) is 13.0. The number of carbonyl (C=O) groups excluding carboxylic acids is 2. The molecule has 2 atom stereocenters. The summed E-state index contributed by atoms with van der Waals surface area (Å²) in [5.41, 5.74) is 3.41. The quantitative estimate of drug-likeness (QED) is 0.780. The van der Waals surface area contributed by atoms with E-state index in [1.807, 2.05) is 24.3 Å². The van der Waals surface area contributed by atoms with Crippen LogP contribution in [0.3, 0.4) is 0 Å². The molecule has 2 heterocycles. The topological polar surface area (TPSA) is 59.5 Å². The Morgan fingerprint density at radius 3 is 2.74 bits per heavy atom. The van der Waals surface area contributed by atoms with E-state index >= 15 is 0 Å². The van der Waals surface area contributed by atoms with Gasteiger partial charge in [0.05, 0.1) is 11.1 Å². The van der Waals surface area contributed by atoms with E-state index in [0.717, 1.165) is 67.4 Å². The highest BCUT2D eigenvalue weighted by Crippen LogP contribution is 2.32. The average molecular weight is 366 g/mol. The van der Waals surface area contributed by atoms with Gasteiger partial charge in [-0.3, -0.25) is 9.78 Å². The Bertz CT molecular complexity index is 887. The molecule has 0 spiro atoms. The van der Waals surface area contributed by atoms with Gasteiger partial charge in [-0.25, -0.2) is 4.79 Å². The Morgan fingerprint density at radius 1 is 1.22 bits per heavy atom. The molecule has 1 amide bonds. The first-order valence-electron chi connectivity index (χ1n) is 9.95. The predicted molar refractivity (Wildman–Crippen MR) is 104 cm³/mol. The number of rotatable bonds is 3. The number of pyridine rings is 1. The molecule has 4 rings (SSSR count). The minimum Gasteiger partial charge on any atom is -0.449 e. The van der Waals surface area contributed by atoms with E-state index in [0.29, 0.717) is 11.5 Å². The third-order valence-electron chi connectivity index (χ3n) is 5.76. The number of hydrogen-bond donors (Lipinski definition) is 0. The lowest BCUT2D eigenvalue weighted by Gasteiger charge is -2.25. The molecule has 1 fully saturated rings. The van der Waals surface area contributed by atoms with Crippen LogP contribution in [-0.4, -0.2) is 41.0 Å². The first-order valence-corrected chi connectivity index (χ1v) is 9.95. The number of fused-ring (bicyclic) bond motifs is 2. The normalized spacial score (nSPS) is 20.4. The van der Waals surface area contributed by atoms with Gasteiger partial charge in [0.25, 0.3) is 5.91 Å². The second-order valence-corrected chi connectivity index (χ2v) is 7.86. The van der Waals surface area contributed by atoms with Crippen LogP contribution in [0.2, 0.25) is 0 Å². The third kappa shape index (κ3) is 3.43. The molecule has 27 heavy (non-hydrogen) atoms. The lowest BCUT2D eigenvalue weighted by molar-refractivity contribution is -0.138. The van der Waals surface area contributed by atoms with Crippen LogP contribution in [-0.2, 0) is 22.4 Å². The van der Waals surface area contributed by atoms with Gasteiger partial charge >= 0.3 is 5.97 Å². The second kappa shape index (κ2) is 7.29. The summed E-state index contributed by atoms with van der Waals surface area (Å²) in [5, 5.41) is 0.816. The molecule has 142 valence electrons. The Hall–Kier alpha value is -2.43. The number of nitrogens with zero attached hydrogens (tertiary/aromatic N) is 2. The average Bonchev–Trinajstić information content (AvgIpc) is 3.20. The molecule has 1 aliphatic carbocycles. The van der Waals surface area contributed by atoms with Crippen molar-refractivity contribution in [3.05, 3.63) is 41.1 Å². The highest BCUT2D eigenvalue weighted by atomic mass is 16.5. The van der Waals surface area contributed by atoms with Crippen molar-refractivity contribution in [1.82, 2.24) is 9.88 Å². The number of amides is 1. The SMILES string of the molecule is CC1CCc2nc3ccccc3c(C(=O)OC(C)C(=O)N3CCCC3)c2C1. The fraction of sp³-hybridized carbons (Fsp3) is 0.500. The van der Waals surface area contributed by atoms with Crippen molar-refractivity contribution in [1.29, 1.82) is 0 Å². The molecule has 1 aromatic carbocycles. The molecule has 0 radical (unpaired) electrons. The zero-order valence-electron chi connectivity index (χ0n) is 16.0. The molecule has 5 nitrogen and oxygen atoms in total. The lowest BCUT2D eigenvalue weighted by Crippen LogP contribution is -2.38. The molecule has 2 aromatic rings. The molecule has 5 heteroatoms. The van der Waals surface area contributed by atoms with Crippen LogP contribution in [0.25, 0.3) is 10.9 Å². The van der Waals surface area contributed by atoms with Crippen LogP contribution in [0.4, 0.5) is 0 Å². The summed E-state index contributed by atoms with van der Waals surface area (Å²) in [4.78, 5) is 32.3. The van der Waals surface area contributed by atoms with Crippen molar-refractivity contribution in [2.24, 2.45) is 5.92 Å². The van der Waals surface area contributed by atoms with Gasteiger partial charge in [-0.1, -0.05) is 25.1 Å². The number of para-hydroxylation sites is 1. The van der Waals surface area contributed by atoms with Crippen molar-refractivity contribution in [3.63, 3.8) is 0 Å². The van der Waals surface area contributed by atoms with Crippen LogP contribution in [0.1, 0.15) is 54.7 Å². The van der Waals surface area contributed by atoms with Gasteiger partial charge in [0.15, 0.2) is 6.10 Å². The van der Waals surface area contributed by atoms with Gasteiger partial charge in [-0.05, 0) is 56.6 Å². The van der Waals surface area contributed by atoms with Crippen molar-refractivity contribution in [2.45, 2.75) is 52.1 Å². The second-order valence-electron chi connectivity index (χ2n) is 7.86. The summed E-state index contributed by atoms with van der Waals surface area (Å²) in [6.07, 6.45) is 4.06.